The van der Waals surface area contributed by atoms with E-state index >= 15 is 0 Å². The molecule has 3 aliphatic rings. The maximum absolute atomic E-state index is 12.7. The molecule has 0 bridgehead atoms. The van der Waals surface area contributed by atoms with E-state index < -0.39 is 0 Å². The minimum Gasteiger partial charge on any atom is -0.486 e. The number of carbonyl (C=O) groups excluding carboxylic acids is 2. The van der Waals surface area contributed by atoms with Gasteiger partial charge in [0.2, 0.25) is 5.78 Å². The molecule has 30 heavy (non-hydrogen) atoms. The number of para-hydroxylation sites is 2. The number of fused-ring (bicyclic) bond motifs is 1. The number of hydrogen-bond acceptors (Lipinski definition) is 5. The van der Waals surface area contributed by atoms with Crippen molar-refractivity contribution in [3.63, 3.8) is 0 Å². The summed E-state index contributed by atoms with van der Waals surface area (Å²) in [5.41, 5.74) is 0.928. The number of benzene rings is 2. The van der Waals surface area contributed by atoms with Gasteiger partial charge in [-0.3, -0.25) is 14.5 Å². The maximum atomic E-state index is 12.7. The summed E-state index contributed by atoms with van der Waals surface area (Å²) in [5, 5.41) is 0. The van der Waals surface area contributed by atoms with E-state index in [0.29, 0.717) is 13.2 Å². The van der Waals surface area contributed by atoms with Gasteiger partial charge in [-0.05, 0) is 37.1 Å². The highest BCUT2D eigenvalue weighted by Gasteiger charge is 2.43. The van der Waals surface area contributed by atoms with Crippen molar-refractivity contribution in [3.05, 3.63) is 60.2 Å². The second kappa shape index (κ2) is 8.11. The molecule has 0 aromatic heterocycles. The molecule has 6 nitrogen and oxygen atoms in total. The van der Waals surface area contributed by atoms with Crippen LogP contribution >= 0.6 is 0 Å². The van der Waals surface area contributed by atoms with E-state index in [4.69, 9.17) is 9.47 Å². The molecular formula is C24H26N2O4. The lowest BCUT2D eigenvalue weighted by atomic mass is 9.97. The summed E-state index contributed by atoms with van der Waals surface area (Å²) in [7, 11) is 0. The fraction of sp³-hybridized carbons (Fsp3) is 0.417. The monoisotopic (exact) mass is 406 g/mol. The Bertz CT molecular complexity index is 932. The topological polar surface area (TPSA) is 59.1 Å². The van der Waals surface area contributed by atoms with Crippen molar-refractivity contribution in [2.24, 2.45) is 0 Å². The van der Waals surface area contributed by atoms with E-state index in [-0.39, 0.29) is 29.8 Å². The third kappa shape index (κ3) is 3.67. The summed E-state index contributed by atoms with van der Waals surface area (Å²) in [6, 6.07) is 17.4. The highest BCUT2D eigenvalue weighted by atomic mass is 16.6. The van der Waals surface area contributed by atoms with Crippen LogP contribution < -0.4 is 9.47 Å². The molecule has 1 amide bonds. The normalized spacial score (nSPS) is 26.8. The molecule has 3 heterocycles. The van der Waals surface area contributed by atoms with Gasteiger partial charge in [0.05, 0.1) is 5.92 Å². The molecule has 3 atom stereocenters. The number of ketones is 1. The van der Waals surface area contributed by atoms with Crippen LogP contribution in [0.2, 0.25) is 0 Å². The average Bonchev–Trinajstić information content (AvgIpc) is 3.09. The van der Waals surface area contributed by atoms with Gasteiger partial charge in [-0.2, -0.15) is 0 Å². The SMILES string of the molecule is O=C1C(=O)N(C2CCCN(CC3COc4ccccc4O3)C2)CC1c1ccccc1. The van der Waals surface area contributed by atoms with E-state index in [1.54, 1.807) is 4.90 Å². The highest BCUT2D eigenvalue weighted by Crippen LogP contribution is 2.32. The first-order chi connectivity index (χ1) is 14.7. The molecule has 2 saturated heterocycles. The fourth-order valence-corrected chi connectivity index (χ4v) is 4.80. The van der Waals surface area contributed by atoms with Gasteiger partial charge in [0, 0.05) is 25.7 Å². The summed E-state index contributed by atoms with van der Waals surface area (Å²) in [6.45, 7) is 3.49. The number of Topliss-reactive ketones (excluding diaryl/α,β-unsaturated/α-hetero) is 1. The number of piperidine rings is 1. The number of carbonyl (C=O) groups is 2. The molecule has 2 fully saturated rings. The standard InChI is InChI=1S/C24H26N2O4/c27-23-20(17-7-2-1-3-8-17)15-26(24(23)28)18-9-6-12-25(13-18)14-19-16-29-21-10-4-5-11-22(21)30-19/h1-5,7-8,10-11,18-20H,6,9,12-16H2. The van der Waals surface area contributed by atoms with E-state index in [1.165, 1.54) is 0 Å². The molecule has 0 spiro atoms. The van der Waals surface area contributed by atoms with E-state index in [9.17, 15) is 9.59 Å². The van der Waals surface area contributed by atoms with Crippen molar-refractivity contribution in [1.82, 2.24) is 9.80 Å². The van der Waals surface area contributed by atoms with Gasteiger partial charge in [0.1, 0.15) is 12.7 Å². The van der Waals surface area contributed by atoms with Crippen molar-refractivity contribution < 1.29 is 19.1 Å². The molecule has 2 aromatic rings. The van der Waals surface area contributed by atoms with Gasteiger partial charge < -0.3 is 14.4 Å². The molecule has 0 N–H and O–H groups in total. The number of rotatable bonds is 4. The number of ether oxygens (including phenoxy) is 2. The Morgan fingerprint density at radius 2 is 1.70 bits per heavy atom. The van der Waals surface area contributed by atoms with Crippen molar-refractivity contribution >= 4 is 11.7 Å². The predicted molar refractivity (Wildman–Crippen MR) is 112 cm³/mol. The Hall–Kier alpha value is -2.86. The third-order valence-electron chi connectivity index (χ3n) is 6.32. The fourth-order valence-electron chi connectivity index (χ4n) is 4.80. The van der Waals surface area contributed by atoms with Crippen LogP contribution in [-0.4, -0.2) is 66.4 Å². The minimum absolute atomic E-state index is 0.0355. The lowest BCUT2D eigenvalue weighted by molar-refractivity contribution is -0.142. The van der Waals surface area contributed by atoms with Gasteiger partial charge in [0.15, 0.2) is 11.5 Å². The molecule has 0 aliphatic carbocycles. The van der Waals surface area contributed by atoms with Crippen molar-refractivity contribution in [3.8, 4) is 11.5 Å². The zero-order valence-corrected chi connectivity index (χ0v) is 16.9. The lowest BCUT2D eigenvalue weighted by Gasteiger charge is -2.39. The molecule has 156 valence electrons. The number of nitrogens with zero attached hydrogens (tertiary/aromatic N) is 2. The Morgan fingerprint density at radius 3 is 2.53 bits per heavy atom. The smallest absolute Gasteiger partial charge is 0.290 e. The van der Waals surface area contributed by atoms with Crippen molar-refractivity contribution in [2.45, 2.75) is 30.9 Å². The number of hydrogen-bond donors (Lipinski definition) is 0. The number of likely N-dealkylation sites (tertiary alicyclic amines) is 2. The molecule has 2 aromatic carbocycles. The zero-order valence-electron chi connectivity index (χ0n) is 16.9. The molecule has 0 saturated carbocycles. The van der Waals surface area contributed by atoms with Crippen LogP contribution in [0.3, 0.4) is 0 Å². The first-order valence-corrected chi connectivity index (χ1v) is 10.7. The Labute approximate surface area is 176 Å². The van der Waals surface area contributed by atoms with Crippen molar-refractivity contribution in [2.75, 3.05) is 32.8 Å². The summed E-state index contributed by atoms with van der Waals surface area (Å²) >= 11 is 0. The van der Waals surface area contributed by atoms with Crippen molar-refractivity contribution in [1.29, 1.82) is 0 Å². The first kappa shape index (κ1) is 19.1. The molecule has 6 heteroatoms. The second-order valence-electron chi connectivity index (χ2n) is 8.34. The van der Waals surface area contributed by atoms with Crippen LogP contribution in [0.15, 0.2) is 54.6 Å². The van der Waals surface area contributed by atoms with Crippen LogP contribution in [0.1, 0.15) is 24.3 Å². The largest absolute Gasteiger partial charge is 0.486 e. The van der Waals surface area contributed by atoms with E-state index in [1.807, 2.05) is 54.6 Å². The van der Waals surface area contributed by atoms with Gasteiger partial charge in [-0.1, -0.05) is 42.5 Å². The summed E-state index contributed by atoms with van der Waals surface area (Å²) in [6.07, 6.45) is 1.90. The maximum Gasteiger partial charge on any atom is 0.290 e. The van der Waals surface area contributed by atoms with Crippen LogP contribution in [0, 0.1) is 0 Å². The second-order valence-corrected chi connectivity index (χ2v) is 8.34. The lowest BCUT2D eigenvalue weighted by Crippen LogP contribution is -2.52. The summed E-state index contributed by atoms with van der Waals surface area (Å²) in [4.78, 5) is 29.5. The average molecular weight is 406 g/mol. The predicted octanol–water partition coefficient (Wildman–Crippen LogP) is 2.49. The Kier molecular flexibility index (Phi) is 5.17. The molecule has 3 unspecified atom stereocenters. The van der Waals surface area contributed by atoms with Gasteiger partial charge >= 0.3 is 0 Å². The van der Waals surface area contributed by atoms with Crippen LogP contribution in [0.25, 0.3) is 0 Å². The number of amides is 1. The van der Waals surface area contributed by atoms with Gasteiger partial charge in [-0.25, -0.2) is 0 Å². The van der Waals surface area contributed by atoms with E-state index in [2.05, 4.69) is 4.90 Å². The highest BCUT2D eigenvalue weighted by molar-refractivity contribution is 6.40. The third-order valence-corrected chi connectivity index (χ3v) is 6.32. The van der Waals surface area contributed by atoms with Gasteiger partial charge in [-0.15, -0.1) is 0 Å². The molecule has 0 radical (unpaired) electrons. The Balaban J connectivity index is 1.23. The van der Waals surface area contributed by atoms with Crippen LogP contribution in [-0.2, 0) is 9.59 Å². The van der Waals surface area contributed by atoms with Crippen LogP contribution in [0.5, 0.6) is 11.5 Å². The summed E-state index contributed by atoms with van der Waals surface area (Å²) in [5.74, 6) is 0.619. The molecule has 5 rings (SSSR count). The Morgan fingerprint density at radius 1 is 0.933 bits per heavy atom. The van der Waals surface area contributed by atoms with Gasteiger partial charge in [0.25, 0.3) is 5.91 Å². The zero-order chi connectivity index (χ0) is 20.5. The summed E-state index contributed by atoms with van der Waals surface area (Å²) < 4.78 is 11.9. The molecule has 3 aliphatic heterocycles. The first-order valence-electron chi connectivity index (χ1n) is 10.7. The minimum atomic E-state index is -0.347. The van der Waals surface area contributed by atoms with E-state index in [0.717, 1.165) is 49.5 Å². The molecular weight excluding hydrogens is 380 g/mol. The van der Waals surface area contributed by atoms with Crippen LogP contribution in [0.4, 0.5) is 0 Å². The quantitative estimate of drug-likeness (QED) is 0.731.